The molecule has 0 saturated carbocycles. The minimum absolute atomic E-state index is 0.161. The molecule has 86 valence electrons. The van der Waals surface area contributed by atoms with Crippen molar-refractivity contribution in [2.45, 2.75) is 38.5 Å². The Balaban J connectivity index is 2.23. The molecule has 15 heavy (non-hydrogen) atoms. The highest BCUT2D eigenvalue weighted by atomic mass is 16.2. The number of allylic oxidation sites excluding steroid dienone is 1. The van der Waals surface area contributed by atoms with E-state index in [-0.39, 0.29) is 5.91 Å². The molecule has 0 bridgehead atoms. The fourth-order valence-electron chi connectivity index (χ4n) is 1.88. The van der Waals surface area contributed by atoms with Crippen molar-refractivity contribution in [3.8, 4) is 0 Å². The van der Waals surface area contributed by atoms with E-state index in [2.05, 4.69) is 6.08 Å². The summed E-state index contributed by atoms with van der Waals surface area (Å²) in [6.07, 6.45) is 8.92. The summed E-state index contributed by atoms with van der Waals surface area (Å²) < 4.78 is 0. The van der Waals surface area contributed by atoms with E-state index in [1.807, 2.05) is 7.05 Å². The van der Waals surface area contributed by atoms with Gasteiger partial charge in [-0.3, -0.25) is 4.79 Å². The van der Waals surface area contributed by atoms with Gasteiger partial charge in [0.05, 0.1) is 0 Å². The maximum Gasteiger partial charge on any atom is 0.223 e. The Bertz CT molecular complexity index is 236. The summed E-state index contributed by atoms with van der Waals surface area (Å²) in [7, 11) is 1.86. The Hall–Kier alpha value is -0.830. The number of nitrogens with zero attached hydrogens (tertiary/aromatic N) is 1. The molecule has 0 heterocycles. The van der Waals surface area contributed by atoms with E-state index < -0.39 is 0 Å². The van der Waals surface area contributed by atoms with E-state index in [4.69, 9.17) is 5.73 Å². The summed E-state index contributed by atoms with van der Waals surface area (Å²) in [5.74, 6) is 0.161. The normalized spacial score (nSPS) is 16.0. The van der Waals surface area contributed by atoms with Crippen LogP contribution in [0, 0.1) is 0 Å². The first kappa shape index (κ1) is 12.2. The van der Waals surface area contributed by atoms with Crippen LogP contribution in [0.5, 0.6) is 0 Å². The first-order chi connectivity index (χ1) is 7.24. The molecule has 1 amide bonds. The number of carbonyl (C=O) groups excluding carboxylic acids is 1. The van der Waals surface area contributed by atoms with Crippen molar-refractivity contribution in [1.29, 1.82) is 0 Å². The fraction of sp³-hybridized carbons (Fsp3) is 0.750. The van der Waals surface area contributed by atoms with Crippen molar-refractivity contribution < 1.29 is 4.79 Å². The largest absolute Gasteiger partial charge is 0.345 e. The van der Waals surface area contributed by atoms with Gasteiger partial charge in [0.25, 0.3) is 0 Å². The highest BCUT2D eigenvalue weighted by Crippen LogP contribution is 2.20. The lowest BCUT2D eigenvalue weighted by atomic mass is 9.97. The van der Waals surface area contributed by atoms with Crippen molar-refractivity contribution in [2.24, 2.45) is 5.73 Å². The lowest BCUT2D eigenvalue weighted by Crippen LogP contribution is -2.29. The summed E-state index contributed by atoms with van der Waals surface area (Å²) in [6, 6.07) is 0. The summed E-state index contributed by atoms with van der Waals surface area (Å²) in [5, 5.41) is 0. The maximum atomic E-state index is 11.4. The zero-order valence-electron chi connectivity index (χ0n) is 9.67. The average molecular weight is 210 g/mol. The van der Waals surface area contributed by atoms with Crippen LogP contribution in [0.25, 0.3) is 0 Å². The van der Waals surface area contributed by atoms with Crippen LogP contribution in [0.15, 0.2) is 11.6 Å². The molecular formula is C12H22N2O. The lowest BCUT2D eigenvalue weighted by Gasteiger charge is -2.19. The third-order valence-corrected chi connectivity index (χ3v) is 2.94. The molecule has 0 unspecified atom stereocenters. The van der Waals surface area contributed by atoms with Crippen LogP contribution < -0.4 is 5.73 Å². The molecule has 0 spiro atoms. The Kier molecular flexibility index (Phi) is 5.40. The predicted octanol–water partition coefficient (Wildman–Crippen LogP) is 1.68. The fourth-order valence-corrected chi connectivity index (χ4v) is 1.88. The minimum Gasteiger partial charge on any atom is -0.345 e. The molecule has 1 aliphatic rings. The second-order valence-electron chi connectivity index (χ2n) is 4.21. The van der Waals surface area contributed by atoms with Crippen LogP contribution in [0.3, 0.4) is 0 Å². The third-order valence-electron chi connectivity index (χ3n) is 2.94. The van der Waals surface area contributed by atoms with Crippen molar-refractivity contribution in [1.82, 2.24) is 4.90 Å². The molecule has 2 N–H and O–H groups in total. The zero-order chi connectivity index (χ0) is 11.1. The molecule has 3 heteroatoms. The highest BCUT2D eigenvalue weighted by Gasteiger charge is 2.09. The Morgan fingerprint density at radius 1 is 1.53 bits per heavy atom. The van der Waals surface area contributed by atoms with E-state index in [9.17, 15) is 4.79 Å². The van der Waals surface area contributed by atoms with Crippen molar-refractivity contribution in [3.63, 3.8) is 0 Å². The van der Waals surface area contributed by atoms with Crippen LogP contribution in [0.1, 0.15) is 38.5 Å². The Morgan fingerprint density at radius 3 is 2.93 bits per heavy atom. The molecule has 0 saturated heterocycles. The van der Waals surface area contributed by atoms with Gasteiger partial charge in [0.2, 0.25) is 5.91 Å². The first-order valence-corrected chi connectivity index (χ1v) is 5.86. The molecule has 0 aliphatic heterocycles. The Morgan fingerprint density at radius 2 is 2.33 bits per heavy atom. The summed E-state index contributed by atoms with van der Waals surface area (Å²) in [5.41, 5.74) is 6.87. The lowest BCUT2D eigenvalue weighted by molar-refractivity contribution is -0.129. The molecule has 0 fully saturated rings. The van der Waals surface area contributed by atoms with Gasteiger partial charge < -0.3 is 10.6 Å². The number of carbonyl (C=O) groups is 1. The Labute approximate surface area is 92.3 Å². The molecule has 0 atom stereocenters. The van der Waals surface area contributed by atoms with Crippen LogP contribution in [0.2, 0.25) is 0 Å². The molecule has 1 rings (SSSR count). The van der Waals surface area contributed by atoms with Gasteiger partial charge in [-0.05, 0) is 32.1 Å². The van der Waals surface area contributed by atoms with Gasteiger partial charge in [0.1, 0.15) is 0 Å². The topological polar surface area (TPSA) is 46.3 Å². The van der Waals surface area contributed by atoms with E-state index in [1.165, 1.54) is 31.3 Å². The molecule has 0 aromatic rings. The molecule has 0 aromatic carbocycles. The predicted molar refractivity (Wildman–Crippen MR) is 62.5 cm³/mol. The number of amides is 1. The van der Waals surface area contributed by atoms with Crippen LogP contribution in [-0.2, 0) is 4.79 Å². The van der Waals surface area contributed by atoms with Gasteiger partial charge in [-0.25, -0.2) is 0 Å². The van der Waals surface area contributed by atoms with E-state index in [1.54, 1.807) is 4.90 Å². The monoisotopic (exact) mass is 210 g/mol. The number of rotatable bonds is 5. The molecule has 1 aliphatic carbocycles. The SMILES string of the molecule is CN(CCC1=CCCCC1)C(=O)CCN. The second-order valence-corrected chi connectivity index (χ2v) is 4.21. The van der Waals surface area contributed by atoms with Crippen LogP contribution in [-0.4, -0.2) is 30.9 Å². The van der Waals surface area contributed by atoms with Crippen molar-refractivity contribution in [3.05, 3.63) is 11.6 Å². The van der Waals surface area contributed by atoms with Gasteiger partial charge >= 0.3 is 0 Å². The highest BCUT2D eigenvalue weighted by molar-refractivity contribution is 5.76. The van der Waals surface area contributed by atoms with E-state index in [0.717, 1.165) is 13.0 Å². The third kappa shape index (κ3) is 4.47. The quantitative estimate of drug-likeness (QED) is 0.702. The standard InChI is InChI=1S/C12H22N2O/c1-14(12(15)7-9-13)10-8-11-5-3-2-4-6-11/h5H,2-4,6-10,13H2,1H3. The maximum absolute atomic E-state index is 11.4. The van der Waals surface area contributed by atoms with Gasteiger partial charge in [0.15, 0.2) is 0 Å². The van der Waals surface area contributed by atoms with Crippen molar-refractivity contribution in [2.75, 3.05) is 20.1 Å². The van der Waals surface area contributed by atoms with Gasteiger partial charge in [-0.2, -0.15) is 0 Å². The molecule has 0 aromatic heterocycles. The number of hydrogen-bond donors (Lipinski definition) is 1. The van der Waals surface area contributed by atoms with E-state index in [0.29, 0.717) is 13.0 Å². The second kappa shape index (κ2) is 6.62. The van der Waals surface area contributed by atoms with Gasteiger partial charge in [0, 0.05) is 26.6 Å². The first-order valence-electron chi connectivity index (χ1n) is 5.86. The number of hydrogen-bond acceptors (Lipinski definition) is 2. The molecule has 0 radical (unpaired) electrons. The summed E-state index contributed by atoms with van der Waals surface area (Å²) in [4.78, 5) is 13.2. The van der Waals surface area contributed by atoms with Gasteiger partial charge in [-0.1, -0.05) is 11.6 Å². The smallest absolute Gasteiger partial charge is 0.223 e. The summed E-state index contributed by atoms with van der Waals surface area (Å²) in [6.45, 7) is 1.29. The zero-order valence-corrected chi connectivity index (χ0v) is 9.67. The van der Waals surface area contributed by atoms with E-state index >= 15 is 0 Å². The average Bonchev–Trinajstić information content (AvgIpc) is 2.27. The molecule has 3 nitrogen and oxygen atoms in total. The van der Waals surface area contributed by atoms with Crippen molar-refractivity contribution >= 4 is 5.91 Å². The number of nitrogens with two attached hydrogens (primary N) is 1. The van der Waals surface area contributed by atoms with Crippen LogP contribution in [0.4, 0.5) is 0 Å². The van der Waals surface area contributed by atoms with Crippen LogP contribution >= 0.6 is 0 Å². The summed E-state index contributed by atoms with van der Waals surface area (Å²) >= 11 is 0. The minimum atomic E-state index is 0.161. The van der Waals surface area contributed by atoms with Gasteiger partial charge in [-0.15, -0.1) is 0 Å². The molecular weight excluding hydrogens is 188 g/mol.